The number of aryl methyl sites for hydroxylation is 2. The Morgan fingerprint density at radius 2 is 1.26 bits per heavy atom. The molecule has 0 bridgehead atoms. The molecule has 0 aliphatic carbocycles. The van der Waals surface area contributed by atoms with Crippen molar-refractivity contribution in [2.75, 3.05) is 0 Å². The third kappa shape index (κ3) is 5.76. The van der Waals surface area contributed by atoms with Crippen LogP contribution in [0.4, 0.5) is 0 Å². The summed E-state index contributed by atoms with van der Waals surface area (Å²) < 4.78 is 66.9. The summed E-state index contributed by atoms with van der Waals surface area (Å²) in [6, 6.07) is 14.6. The van der Waals surface area contributed by atoms with Gasteiger partial charge in [0.05, 0.1) is 9.79 Å². The van der Waals surface area contributed by atoms with Gasteiger partial charge in [-0.25, -0.2) is 0 Å². The topological polar surface area (TPSA) is 122 Å². The highest BCUT2D eigenvalue weighted by atomic mass is 32.2. The maximum absolute atomic E-state index is 11.9. The number of pyridine rings is 1. The highest BCUT2D eigenvalue weighted by Crippen LogP contribution is 2.30. The van der Waals surface area contributed by atoms with Crippen molar-refractivity contribution < 1.29 is 25.9 Å². The zero-order valence-corrected chi connectivity index (χ0v) is 18.7. The second kappa shape index (κ2) is 8.88. The van der Waals surface area contributed by atoms with Gasteiger partial charge in [-0.2, -0.15) is 16.8 Å². The molecule has 0 aliphatic heterocycles. The fourth-order valence-corrected chi connectivity index (χ4v) is 5.10. The van der Waals surface area contributed by atoms with E-state index in [0.717, 1.165) is 11.1 Å². The molecule has 3 rings (SSSR count). The molecule has 1 heterocycles. The van der Waals surface area contributed by atoms with Gasteiger partial charge in [-0.3, -0.25) is 14.1 Å². The molecule has 0 saturated heterocycles. The molecular formula is C22H23NO6S2. The van der Waals surface area contributed by atoms with Crippen molar-refractivity contribution >= 4 is 20.2 Å². The molecule has 0 spiro atoms. The molecule has 7 nitrogen and oxygen atoms in total. The summed E-state index contributed by atoms with van der Waals surface area (Å²) in [5.74, 6) is -0.411. The van der Waals surface area contributed by atoms with E-state index in [4.69, 9.17) is 0 Å². The quantitative estimate of drug-likeness (QED) is 0.514. The zero-order valence-electron chi connectivity index (χ0n) is 17.1. The van der Waals surface area contributed by atoms with Gasteiger partial charge in [-0.05, 0) is 62.1 Å². The molecule has 31 heavy (non-hydrogen) atoms. The predicted molar refractivity (Wildman–Crippen MR) is 116 cm³/mol. The van der Waals surface area contributed by atoms with Crippen molar-refractivity contribution in [3.05, 3.63) is 88.7 Å². The fraction of sp³-hybridized carbons (Fsp3) is 0.227. The van der Waals surface area contributed by atoms with Gasteiger partial charge >= 0.3 is 0 Å². The first-order chi connectivity index (χ1) is 14.4. The van der Waals surface area contributed by atoms with Crippen LogP contribution in [0.3, 0.4) is 0 Å². The van der Waals surface area contributed by atoms with Gasteiger partial charge in [0, 0.05) is 17.8 Å². The molecule has 0 saturated carbocycles. The van der Waals surface area contributed by atoms with E-state index in [1.54, 1.807) is 48.7 Å². The molecule has 9 heteroatoms. The molecule has 0 fully saturated rings. The molecule has 1 aromatic heterocycles. The molecular weight excluding hydrogens is 438 g/mol. The monoisotopic (exact) mass is 461 g/mol. The summed E-state index contributed by atoms with van der Waals surface area (Å²) in [5, 5.41) is 0. The number of hydrogen-bond acceptors (Lipinski definition) is 5. The Morgan fingerprint density at radius 3 is 1.65 bits per heavy atom. The number of benzene rings is 2. The Kier molecular flexibility index (Phi) is 6.61. The van der Waals surface area contributed by atoms with Crippen LogP contribution in [0.2, 0.25) is 0 Å². The lowest BCUT2D eigenvalue weighted by molar-refractivity contribution is 0.480. The molecule has 3 aromatic rings. The summed E-state index contributed by atoms with van der Waals surface area (Å²) in [4.78, 5) is 3.98. The Bertz CT molecular complexity index is 1220. The van der Waals surface area contributed by atoms with Crippen LogP contribution >= 0.6 is 0 Å². The van der Waals surface area contributed by atoms with E-state index in [1.165, 1.54) is 12.1 Å². The highest BCUT2D eigenvalue weighted by Gasteiger charge is 2.24. The molecule has 2 N–H and O–H groups in total. The fourth-order valence-electron chi connectivity index (χ4n) is 3.67. The molecule has 2 aromatic carbocycles. The van der Waals surface area contributed by atoms with Crippen LogP contribution in [0.1, 0.15) is 33.9 Å². The van der Waals surface area contributed by atoms with Gasteiger partial charge in [-0.1, -0.05) is 41.5 Å². The lowest BCUT2D eigenvalue weighted by Crippen LogP contribution is -2.14. The maximum atomic E-state index is 11.9. The SMILES string of the molecule is Cc1ccc(S(=O)(=O)O)c(CC(Cc2cc(C)ccc2S(=O)(=O)O)c2ccccn2)c1. The minimum atomic E-state index is -4.45. The van der Waals surface area contributed by atoms with Crippen molar-refractivity contribution in [3.63, 3.8) is 0 Å². The van der Waals surface area contributed by atoms with Crippen molar-refractivity contribution in [3.8, 4) is 0 Å². The lowest BCUT2D eigenvalue weighted by Gasteiger charge is -2.20. The van der Waals surface area contributed by atoms with Crippen LogP contribution in [0, 0.1) is 13.8 Å². The molecule has 164 valence electrons. The van der Waals surface area contributed by atoms with Gasteiger partial charge < -0.3 is 0 Å². The highest BCUT2D eigenvalue weighted by molar-refractivity contribution is 7.86. The van der Waals surface area contributed by atoms with E-state index in [9.17, 15) is 25.9 Å². The van der Waals surface area contributed by atoms with Crippen LogP contribution in [0.5, 0.6) is 0 Å². The second-order valence-corrected chi connectivity index (χ2v) is 10.3. The van der Waals surface area contributed by atoms with Gasteiger partial charge in [0.1, 0.15) is 0 Å². The van der Waals surface area contributed by atoms with Crippen molar-refractivity contribution in [1.82, 2.24) is 4.98 Å². The van der Waals surface area contributed by atoms with Gasteiger partial charge in [0.25, 0.3) is 20.2 Å². The molecule has 0 amide bonds. The molecule has 0 aliphatic rings. The Morgan fingerprint density at radius 1 is 0.774 bits per heavy atom. The Hall–Kier alpha value is -2.59. The van der Waals surface area contributed by atoms with Crippen LogP contribution in [-0.4, -0.2) is 30.9 Å². The first-order valence-electron chi connectivity index (χ1n) is 9.50. The van der Waals surface area contributed by atoms with Gasteiger partial charge in [0.15, 0.2) is 0 Å². The smallest absolute Gasteiger partial charge is 0.282 e. The van der Waals surface area contributed by atoms with E-state index < -0.39 is 26.2 Å². The average molecular weight is 462 g/mol. The third-order valence-electron chi connectivity index (χ3n) is 5.03. The first-order valence-corrected chi connectivity index (χ1v) is 12.4. The normalized spacial score (nSPS) is 12.3. The van der Waals surface area contributed by atoms with E-state index >= 15 is 0 Å². The minimum absolute atomic E-state index is 0.187. The zero-order chi connectivity index (χ0) is 22.8. The molecule has 0 unspecified atom stereocenters. The van der Waals surface area contributed by atoms with Crippen molar-refractivity contribution in [1.29, 1.82) is 0 Å². The van der Waals surface area contributed by atoms with E-state index in [2.05, 4.69) is 4.98 Å². The number of hydrogen-bond donors (Lipinski definition) is 2. The Balaban J connectivity index is 2.12. The van der Waals surface area contributed by atoms with Crippen LogP contribution in [0.25, 0.3) is 0 Å². The molecule has 0 radical (unpaired) electrons. The summed E-state index contributed by atoms with van der Waals surface area (Å²) in [6.45, 7) is 3.62. The molecule has 0 atom stereocenters. The van der Waals surface area contributed by atoms with Gasteiger partial charge in [-0.15, -0.1) is 0 Å². The maximum Gasteiger partial charge on any atom is 0.294 e. The average Bonchev–Trinajstić information content (AvgIpc) is 2.66. The predicted octanol–water partition coefficient (Wildman–Crippen LogP) is 3.76. The summed E-state index contributed by atoms with van der Waals surface area (Å²) in [7, 11) is -8.89. The second-order valence-electron chi connectivity index (χ2n) is 7.53. The van der Waals surface area contributed by atoms with Crippen molar-refractivity contribution in [2.24, 2.45) is 0 Å². The van der Waals surface area contributed by atoms with Crippen LogP contribution in [0.15, 0.2) is 70.6 Å². The Labute approximate surface area is 182 Å². The van der Waals surface area contributed by atoms with Gasteiger partial charge in [0.2, 0.25) is 0 Å². The number of nitrogens with zero attached hydrogens (tertiary/aromatic N) is 1. The summed E-state index contributed by atoms with van der Waals surface area (Å²) in [5.41, 5.74) is 3.07. The first kappa shape index (κ1) is 23.1. The third-order valence-corrected chi connectivity index (χ3v) is 6.93. The van der Waals surface area contributed by atoms with E-state index in [0.29, 0.717) is 16.8 Å². The number of aromatic nitrogens is 1. The van der Waals surface area contributed by atoms with E-state index in [1.807, 2.05) is 13.8 Å². The van der Waals surface area contributed by atoms with E-state index in [-0.39, 0.29) is 22.6 Å². The summed E-state index contributed by atoms with van der Waals surface area (Å²) in [6.07, 6.45) is 1.97. The largest absolute Gasteiger partial charge is 0.294 e. The summed E-state index contributed by atoms with van der Waals surface area (Å²) >= 11 is 0. The van der Waals surface area contributed by atoms with Crippen molar-refractivity contribution in [2.45, 2.75) is 42.4 Å². The van der Waals surface area contributed by atoms with Crippen LogP contribution in [-0.2, 0) is 33.1 Å². The lowest BCUT2D eigenvalue weighted by atomic mass is 9.88. The van der Waals surface area contributed by atoms with Crippen LogP contribution < -0.4 is 0 Å². The number of rotatable bonds is 7. The standard InChI is InChI=1S/C22H23NO6S2/c1-15-6-8-21(30(24,25)26)18(11-15)13-17(20-5-3-4-10-23-20)14-19-12-16(2)7-9-22(19)31(27,28)29/h3-12,17H,13-14H2,1-2H3,(H,24,25,26)(H,27,28,29). The minimum Gasteiger partial charge on any atom is -0.282 e.